The van der Waals surface area contributed by atoms with Crippen LogP contribution in [0.15, 0.2) is 49.2 Å². The van der Waals surface area contributed by atoms with Crippen LogP contribution < -0.4 is 14.5 Å². The number of nitrogens with zero attached hydrogens (tertiary/aromatic N) is 7. The number of anilines is 2. The van der Waals surface area contributed by atoms with Crippen molar-refractivity contribution in [1.82, 2.24) is 24.2 Å². The fourth-order valence-electron chi connectivity index (χ4n) is 3.39. The molecule has 2 aliphatic heterocycles. The van der Waals surface area contributed by atoms with E-state index < -0.39 is 0 Å². The molecule has 0 spiro atoms. The molecule has 3 aromatic rings. The van der Waals surface area contributed by atoms with Crippen LogP contribution >= 0.6 is 0 Å². The fourth-order valence-corrected chi connectivity index (χ4v) is 3.39. The molecule has 8 nitrogen and oxygen atoms in total. The van der Waals surface area contributed by atoms with E-state index in [2.05, 4.69) is 11.1 Å². The summed E-state index contributed by atoms with van der Waals surface area (Å²) < 4.78 is 8.17. The van der Waals surface area contributed by atoms with E-state index in [1.165, 1.54) is 0 Å². The summed E-state index contributed by atoms with van der Waals surface area (Å²) in [5.41, 5.74) is 3.68. The van der Waals surface area contributed by atoms with Crippen molar-refractivity contribution in [2.45, 2.75) is 13.8 Å². The first-order chi connectivity index (χ1) is 14.5. The molecule has 0 atom stereocenters. The minimum absolute atomic E-state index is 0. The number of hydrogen-bond acceptors (Lipinski definition) is 7. The molecule has 0 amide bonds. The zero-order chi connectivity index (χ0) is 20.8. The molecule has 0 bridgehead atoms. The van der Waals surface area contributed by atoms with E-state index in [1.807, 2.05) is 114 Å². The van der Waals surface area contributed by atoms with E-state index in [0.29, 0.717) is 11.6 Å². The quantitative estimate of drug-likeness (QED) is 0.428. The summed E-state index contributed by atoms with van der Waals surface area (Å²) in [6.45, 7) is 7.97. The molecule has 0 saturated carbocycles. The number of rotatable bonds is 4. The molecule has 0 aliphatic carbocycles. The molecule has 0 aromatic carbocycles. The maximum atomic E-state index is 6.13. The van der Waals surface area contributed by atoms with E-state index in [9.17, 15) is 0 Å². The van der Waals surface area contributed by atoms with Gasteiger partial charge in [-0.3, -0.25) is 4.98 Å². The monoisotopic (exact) mass is 595 g/mol. The first kappa shape index (κ1) is 21.2. The molecule has 164 valence electrons. The normalized spacial score (nSPS) is 15.4. The second-order valence-electron chi connectivity index (χ2n) is 7.35. The topological polar surface area (TPSA) is 52.4 Å². The molecular weight excluding hydrogens is 573 g/mol. The smallest absolute Gasteiger partial charge is 0.218 e. The van der Waals surface area contributed by atoms with E-state index in [1.54, 1.807) is 0 Å². The van der Waals surface area contributed by atoms with Crippen LogP contribution in [0.3, 0.4) is 0 Å². The van der Waals surface area contributed by atoms with E-state index >= 15 is 0 Å². The summed E-state index contributed by atoms with van der Waals surface area (Å²) in [6.07, 6.45) is 9.76. The fraction of sp³-hybridized carbons (Fsp3) is 0.182. The molecule has 31 heavy (non-hydrogen) atoms. The first-order valence-corrected chi connectivity index (χ1v) is 9.61. The average Bonchev–Trinajstić information content (AvgIpc) is 3.43. The van der Waals surface area contributed by atoms with Crippen LogP contribution in [0.4, 0.5) is 11.5 Å². The van der Waals surface area contributed by atoms with Gasteiger partial charge in [-0.2, -0.15) is 11.7 Å². The second-order valence-corrected chi connectivity index (χ2v) is 7.35. The summed E-state index contributed by atoms with van der Waals surface area (Å²) in [5, 5.41) is 0. The molecule has 5 rings (SSSR count). The molecule has 0 saturated heterocycles. The summed E-state index contributed by atoms with van der Waals surface area (Å²) in [7, 11) is 3.95. The summed E-state index contributed by atoms with van der Waals surface area (Å²) >= 11 is 0. The van der Waals surface area contributed by atoms with Gasteiger partial charge in [0.05, 0.1) is 0 Å². The first-order valence-electron chi connectivity index (χ1n) is 9.61. The largest absolute Gasteiger partial charge is 0.510 e. The van der Waals surface area contributed by atoms with Gasteiger partial charge in [0.2, 0.25) is 5.88 Å². The van der Waals surface area contributed by atoms with Crippen molar-refractivity contribution in [3.63, 3.8) is 0 Å². The number of aryl methyl sites for hydroxylation is 2. The number of fused-ring (bicyclic) bond motifs is 1. The van der Waals surface area contributed by atoms with Crippen LogP contribution in [0.1, 0.15) is 11.4 Å². The predicted octanol–water partition coefficient (Wildman–Crippen LogP) is 3.62. The average molecular weight is 596 g/mol. The Morgan fingerprint density at radius 2 is 1.65 bits per heavy atom. The third kappa shape index (κ3) is 4.00. The molecule has 2 aliphatic rings. The SMILES string of the molecule is Cc1nc2c(N3C=CN(C)[CH-]3)[c-]c(Oc3cccc(N4C=CN(C)[CH-]4)n3)cn2c1C.[Pt]. The van der Waals surface area contributed by atoms with E-state index in [0.717, 1.165) is 28.5 Å². The van der Waals surface area contributed by atoms with Gasteiger partial charge >= 0.3 is 0 Å². The zero-order valence-corrected chi connectivity index (χ0v) is 19.9. The molecule has 5 heterocycles. The van der Waals surface area contributed by atoms with Gasteiger partial charge < -0.3 is 28.7 Å². The van der Waals surface area contributed by atoms with Gasteiger partial charge in [0.1, 0.15) is 5.82 Å². The van der Waals surface area contributed by atoms with Gasteiger partial charge in [0.15, 0.2) is 0 Å². The predicted molar refractivity (Wildman–Crippen MR) is 115 cm³/mol. The van der Waals surface area contributed by atoms with Crippen LogP contribution in [0.5, 0.6) is 11.6 Å². The van der Waals surface area contributed by atoms with Gasteiger partial charge in [-0.15, -0.1) is 12.7 Å². The van der Waals surface area contributed by atoms with Crippen molar-refractivity contribution in [2.75, 3.05) is 23.9 Å². The Bertz CT molecular complexity index is 1170. The Labute approximate surface area is 196 Å². The van der Waals surface area contributed by atoms with Crippen molar-refractivity contribution in [3.8, 4) is 11.6 Å². The van der Waals surface area contributed by atoms with Crippen LogP contribution in [-0.4, -0.2) is 38.3 Å². The maximum absolute atomic E-state index is 6.13. The molecule has 0 fully saturated rings. The molecule has 0 N–H and O–H groups in total. The van der Waals surface area contributed by atoms with Crippen LogP contribution in [-0.2, 0) is 21.1 Å². The van der Waals surface area contributed by atoms with Gasteiger partial charge in [-0.1, -0.05) is 18.0 Å². The van der Waals surface area contributed by atoms with E-state index in [-0.39, 0.29) is 21.1 Å². The van der Waals surface area contributed by atoms with Crippen LogP contribution in [0, 0.1) is 33.3 Å². The Morgan fingerprint density at radius 1 is 0.935 bits per heavy atom. The molecule has 9 heteroatoms. The van der Waals surface area contributed by atoms with Gasteiger partial charge in [-0.05, 0) is 58.8 Å². The van der Waals surface area contributed by atoms with E-state index in [4.69, 9.17) is 9.72 Å². The number of imidazole rings is 1. The third-order valence-corrected chi connectivity index (χ3v) is 5.07. The summed E-state index contributed by atoms with van der Waals surface area (Å²) in [6, 6.07) is 9.07. The number of hydrogen-bond donors (Lipinski definition) is 0. The van der Waals surface area contributed by atoms with Gasteiger partial charge in [0.25, 0.3) is 0 Å². The van der Waals surface area contributed by atoms with Gasteiger partial charge in [-0.25, -0.2) is 0 Å². The number of pyridine rings is 2. The van der Waals surface area contributed by atoms with Crippen molar-refractivity contribution in [1.29, 1.82) is 0 Å². The Hall–Kier alpha value is -2.99. The Kier molecular flexibility index (Phi) is 5.67. The third-order valence-electron chi connectivity index (χ3n) is 5.07. The maximum Gasteiger partial charge on any atom is 0.218 e. The minimum atomic E-state index is 0. The molecule has 3 aromatic heterocycles. The van der Waals surface area contributed by atoms with Gasteiger partial charge in [0, 0.05) is 49.9 Å². The standard InChI is InChI=1S/C22H22N7O.Pt/c1-16-17(2)29-13-18(12-19(22(29)23-16)27-10-8-25(3)14-27)30-21-7-5-6-20(24-21)28-11-9-26(4)15-28;/h5-11,13-15H,1-4H3;/q-3;. The summed E-state index contributed by atoms with van der Waals surface area (Å²) in [4.78, 5) is 17.2. The Morgan fingerprint density at radius 3 is 2.32 bits per heavy atom. The molecule has 0 radical (unpaired) electrons. The number of aromatic nitrogens is 3. The van der Waals surface area contributed by atoms with Crippen molar-refractivity contribution in [2.24, 2.45) is 0 Å². The minimum Gasteiger partial charge on any atom is -0.510 e. The van der Waals surface area contributed by atoms with Crippen LogP contribution in [0.25, 0.3) is 5.65 Å². The molecular formula is C22H22N7OPt-3. The molecule has 0 unspecified atom stereocenters. The second kappa shape index (κ2) is 8.27. The number of ether oxygens (including phenoxy) is 1. The summed E-state index contributed by atoms with van der Waals surface area (Å²) in [5.74, 6) is 1.84. The Balaban J connectivity index is 0.00000231. The zero-order valence-electron chi connectivity index (χ0n) is 17.6. The van der Waals surface area contributed by atoms with Crippen LogP contribution in [0.2, 0.25) is 0 Å². The van der Waals surface area contributed by atoms with Crippen molar-refractivity contribution < 1.29 is 25.8 Å². The van der Waals surface area contributed by atoms with Crippen molar-refractivity contribution >= 4 is 17.2 Å². The van der Waals surface area contributed by atoms with Crippen molar-refractivity contribution in [3.05, 3.63) is 80.0 Å².